The molecule has 0 aliphatic heterocycles. The van der Waals surface area contributed by atoms with Crippen molar-refractivity contribution in [2.45, 2.75) is 6.04 Å². The monoisotopic (exact) mass is 272 g/mol. The van der Waals surface area contributed by atoms with Gasteiger partial charge in [-0.15, -0.1) is 11.3 Å². The van der Waals surface area contributed by atoms with Crippen molar-refractivity contribution in [1.82, 2.24) is 10.3 Å². The number of nitrogens with zero attached hydrogens (tertiary/aromatic N) is 1. The van der Waals surface area contributed by atoms with Gasteiger partial charge in [0.05, 0.1) is 21.8 Å². The Balaban J connectivity index is 2.41. The molecule has 0 aliphatic carbocycles. The Morgan fingerprint density at radius 3 is 2.81 bits per heavy atom. The summed E-state index contributed by atoms with van der Waals surface area (Å²) in [6, 6.07) is 5.79. The summed E-state index contributed by atoms with van der Waals surface area (Å²) >= 11 is 13.6. The maximum Gasteiger partial charge on any atom is 0.0857 e. The Bertz CT molecular complexity index is 471. The minimum atomic E-state index is 0.0183. The second-order valence-corrected chi connectivity index (χ2v) is 5.08. The lowest BCUT2D eigenvalue weighted by molar-refractivity contribution is 0.682. The molecule has 2 rings (SSSR count). The molecule has 0 bridgehead atoms. The Morgan fingerprint density at radius 2 is 2.25 bits per heavy atom. The molecule has 0 spiro atoms. The van der Waals surface area contributed by atoms with Gasteiger partial charge in [0.2, 0.25) is 0 Å². The zero-order chi connectivity index (χ0) is 11.5. The molecule has 0 saturated carbocycles. The largest absolute Gasteiger partial charge is 0.307 e. The van der Waals surface area contributed by atoms with Gasteiger partial charge < -0.3 is 5.32 Å². The number of rotatable bonds is 3. The minimum absolute atomic E-state index is 0.0183. The molecular formula is C11H10Cl2N2S. The third-order valence-corrected chi connectivity index (χ3v) is 3.67. The van der Waals surface area contributed by atoms with Crippen molar-refractivity contribution in [1.29, 1.82) is 0 Å². The average Bonchev–Trinajstić information content (AvgIpc) is 2.75. The van der Waals surface area contributed by atoms with Crippen LogP contribution in [0.2, 0.25) is 10.0 Å². The molecule has 2 aromatic heterocycles. The third kappa shape index (κ3) is 2.38. The quantitative estimate of drug-likeness (QED) is 0.921. The number of nitrogens with one attached hydrogen (secondary N) is 1. The van der Waals surface area contributed by atoms with E-state index in [9.17, 15) is 0 Å². The van der Waals surface area contributed by atoms with Gasteiger partial charge in [-0.3, -0.25) is 4.98 Å². The highest BCUT2D eigenvalue weighted by Crippen LogP contribution is 2.30. The summed E-state index contributed by atoms with van der Waals surface area (Å²) in [6.07, 6.45) is 1.61. The molecule has 1 unspecified atom stereocenters. The van der Waals surface area contributed by atoms with Crippen LogP contribution < -0.4 is 5.32 Å². The topological polar surface area (TPSA) is 24.9 Å². The van der Waals surface area contributed by atoms with Gasteiger partial charge in [0.1, 0.15) is 0 Å². The van der Waals surface area contributed by atoms with Crippen molar-refractivity contribution in [3.8, 4) is 0 Å². The van der Waals surface area contributed by atoms with Crippen molar-refractivity contribution in [3.63, 3.8) is 0 Å². The lowest BCUT2D eigenvalue weighted by Gasteiger charge is -2.15. The molecule has 16 heavy (non-hydrogen) atoms. The highest BCUT2D eigenvalue weighted by molar-refractivity contribution is 7.10. The summed E-state index contributed by atoms with van der Waals surface area (Å²) in [6.45, 7) is 0. The fourth-order valence-corrected chi connectivity index (χ4v) is 2.83. The summed E-state index contributed by atoms with van der Waals surface area (Å²) < 4.78 is 0. The number of hydrogen-bond acceptors (Lipinski definition) is 3. The SMILES string of the molecule is CNC(c1cccs1)c1ncc(Cl)cc1Cl. The first kappa shape index (κ1) is 11.9. The second kappa shape index (κ2) is 5.15. The van der Waals surface area contributed by atoms with Gasteiger partial charge >= 0.3 is 0 Å². The van der Waals surface area contributed by atoms with E-state index in [0.29, 0.717) is 10.0 Å². The van der Waals surface area contributed by atoms with E-state index < -0.39 is 0 Å². The van der Waals surface area contributed by atoms with Gasteiger partial charge in [0.15, 0.2) is 0 Å². The highest BCUT2D eigenvalue weighted by atomic mass is 35.5. The zero-order valence-corrected chi connectivity index (χ0v) is 10.9. The van der Waals surface area contributed by atoms with Crippen LogP contribution in [-0.2, 0) is 0 Å². The van der Waals surface area contributed by atoms with Crippen LogP contribution in [0.25, 0.3) is 0 Å². The molecule has 0 radical (unpaired) electrons. The first-order chi connectivity index (χ1) is 7.72. The summed E-state index contributed by atoms with van der Waals surface area (Å²) in [5.41, 5.74) is 0.802. The molecule has 0 fully saturated rings. The first-order valence-electron chi connectivity index (χ1n) is 4.74. The van der Waals surface area contributed by atoms with Crippen LogP contribution >= 0.6 is 34.5 Å². The van der Waals surface area contributed by atoms with E-state index in [1.165, 1.54) is 4.88 Å². The molecule has 1 atom stereocenters. The summed E-state index contributed by atoms with van der Waals surface area (Å²) in [4.78, 5) is 5.47. The predicted octanol–water partition coefficient (Wildman–Crippen LogP) is 3.76. The maximum atomic E-state index is 6.14. The van der Waals surface area contributed by atoms with E-state index in [1.54, 1.807) is 23.6 Å². The lowest BCUT2D eigenvalue weighted by Crippen LogP contribution is -2.18. The molecule has 0 amide bonds. The molecule has 1 N–H and O–H groups in total. The van der Waals surface area contributed by atoms with Crippen molar-refractivity contribution < 1.29 is 0 Å². The van der Waals surface area contributed by atoms with E-state index in [1.807, 2.05) is 18.5 Å². The zero-order valence-electron chi connectivity index (χ0n) is 8.58. The molecule has 2 heterocycles. The Labute approximate surface area is 108 Å². The normalized spacial score (nSPS) is 12.7. The minimum Gasteiger partial charge on any atom is -0.307 e. The third-order valence-electron chi connectivity index (χ3n) is 2.23. The number of halogens is 2. The van der Waals surface area contributed by atoms with Crippen molar-refractivity contribution in [3.05, 3.63) is 50.4 Å². The van der Waals surface area contributed by atoms with E-state index in [4.69, 9.17) is 23.2 Å². The number of thiophene rings is 1. The van der Waals surface area contributed by atoms with E-state index in [2.05, 4.69) is 16.4 Å². The molecular weight excluding hydrogens is 263 g/mol. The summed E-state index contributed by atoms with van der Waals surface area (Å²) in [5, 5.41) is 6.37. The van der Waals surface area contributed by atoms with Crippen LogP contribution in [0.15, 0.2) is 29.8 Å². The fraction of sp³-hybridized carbons (Fsp3) is 0.182. The number of aromatic nitrogens is 1. The molecule has 2 nitrogen and oxygen atoms in total. The summed E-state index contributed by atoms with van der Waals surface area (Å²) in [7, 11) is 1.89. The van der Waals surface area contributed by atoms with Gasteiger partial charge in [0, 0.05) is 11.1 Å². The Kier molecular flexibility index (Phi) is 3.82. The Hall–Kier alpha value is -0.610. The van der Waals surface area contributed by atoms with Crippen molar-refractivity contribution in [2.24, 2.45) is 0 Å². The molecule has 0 aliphatic rings. The second-order valence-electron chi connectivity index (χ2n) is 3.26. The summed E-state index contributed by atoms with van der Waals surface area (Å²) in [5.74, 6) is 0. The van der Waals surface area contributed by atoms with Crippen molar-refractivity contribution >= 4 is 34.5 Å². The molecule has 0 aromatic carbocycles. The van der Waals surface area contributed by atoms with Gasteiger partial charge in [-0.25, -0.2) is 0 Å². The van der Waals surface area contributed by atoms with Crippen LogP contribution in [0.4, 0.5) is 0 Å². The predicted molar refractivity (Wildman–Crippen MR) is 69.5 cm³/mol. The average molecular weight is 273 g/mol. The van der Waals surface area contributed by atoms with Crippen LogP contribution in [-0.4, -0.2) is 12.0 Å². The Morgan fingerprint density at radius 1 is 1.44 bits per heavy atom. The smallest absolute Gasteiger partial charge is 0.0857 e. The van der Waals surface area contributed by atoms with E-state index in [0.717, 1.165) is 5.69 Å². The van der Waals surface area contributed by atoms with Gasteiger partial charge in [0.25, 0.3) is 0 Å². The van der Waals surface area contributed by atoms with E-state index in [-0.39, 0.29) is 6.04 Å². The molecule has 5 heteroatoms. The highest BCUT2D eigenvalue weighted by Gasteiger charge is 2.17. The fourth-order valence-electron chi connectivity index (χ4n) is 1.51. The first-order valence-corrected chi connectivity index (χ1v) is 6.37. The van der Waals surface area contributed by atoms with Crippen LogP contribution in [0.1, 0.15) is 16.6 Å². The van der Waals surface area contributed by atoms with Gasteiger partial charge in [-0.1, -0.05) is 29.3 Å². The lowest BCUT2D eigenvalue weighted by atomic mass is 10.1. The van der Waals surface area contributed by atoms with Crippen LogP contribution in [0.3, 0.4) is 0 Å². The van der Waals surface area contributed by atoms with Crippen LogP contribution in [0.5, 0.6) is 0 Å². The number of pyridine rings is 1. The number of hydrogen-bond donors (Lipinski definition) is 1. The molecule has 84 valence electrons. The molecule has 2 aromatic rings. The van der Waals surface area contributed by atoms with E-state index >= 15 is 0 Å². The van der Waals surface area contributed by atoms with Gasteiger partial charge in [-0.2, -0.15) is 0 Å². The standard InChI is InChI=1S/C11H10Cl2N2S/c1-14-11(9-3-2-4-16-9)10-8(13)5-7(12)6-15-10/h2-6,11,14H,1H3. The van der Waals surface area contributed by atoms with Crippen LogP contribution in [0, 0.1) is 0 Å². The maximum absolute atomic E-state index is 6.14. The molecule has 0 saturated heterocycles. The van der Waals surface area contributed by atoms with Gasteiger partial charge in [-0.05, 0) is 24.6 Å². The van der Waals surface area contributed by atoms with Crippen molar-refractivity contribution in [2.75, 3.05) is 7.05 Å².